The molecular formula is C25H26N2O6. The second-order valence-corrected chi connectivity index (χ2v) is 8.16. The van der Waals surface area contributed by atoms with Gasteiger partial charge in [-0.25, -0.2) is 9.59 Å². The Balaban J connectivity index is 1.40. The van der Waals surface area contributed by atoms with E-state index in [0.29, 0.717) is 17.9 Å². The van der Waals surface area contributed by atoms with E-state index in [1.165, 1.54) is 0 Å². The molecule has 33 heavy (non-hydrogen) atoms. The molecule has 2 aliphatic rings. The summed E-state index contributed by atoms with van der Waals surface area (Å²) in [6.07, 6.45) is 0.990. The molecule has 1 heterocycles. The Labute approximate surface area is 191 Å². The molecule has 2 aromatic rings. The summed E-state index contributed by atoms with van der Waals surface area (Å²) >= 11 is 0. The number of alkyl carbamates (subject to hydrolysis) is 1. The highest BCUT2D eigenvalue weighted by molar-refractivity contribution is 6.01. The lowest BCUT2D eigenvalue weighted by Gasteiger charge is -2.20. The van der Waals surface area contributed by atoms with Gasteiger partial charge in [-0.2, -0.15) is 0 Å². The van der Waals surface area contributed by atoms with Gasteiger partial charge in [0.2, 0.25) is 0 Å². The Morgan fingerprint density at radius 2 is 1.58 bits per heavy atom. The highest BCUT2D eigenvalue weighted by Gasteiger charge is 2.35. The molecule has 0 bridgehead atoms. The first-order chi connectivity index (χ1) is 16.0. The average molecular weight is 450 g/mol. The maximum absolute atomic E-state index is 12.6. The van der Waals surface area contributed by atoms with Crippen molar-refractivity contribution in [2.75, 3.05) is 6.61 Å². The zero-order chi connectivity index (χ0) is 23.4. The van der Waals surface area contributed by atoms with E-state index in [-0.39, 0.29) is 25.4 Å². The number of carbonyl (C=O) groups excluding carboxylic acids is 4. The summed E-state index contributed by atoms with van der Waals surface area (Å²) in [4.78, 5) is 53.6. The van der Waals surface area contributed by atoms with Crippen LogP contribution in [0.4, 0.5) is 4.79 Å². The minimum atomic E-state index is -1.03. The first-order valence-corrected chi connectivity index (χ1v) is 11.2. The van der Waals surface area contributed by atoms with Gasteiger partial charge in [-0.15, -0.1) is 5.06 Å². The minimum absolute atomic E-state index is 0.00550. The summed E-state index contributed by atoms with van der Waals surface area (Å²) in [5, 5.41) is 3.03. The van der Waals surface area contributed by atoms with Crippen molar-refractivity contribution >= 4 is 23.9 Å². The third-order valence-corrected chi connectivity index (χ3v) is 5.95. The number of rotatable bonds is 8. The first kappa shape index (κ1) is 22.5. The number of hydrogen-bond donors (Lipinski definition) is 1. The zero-order valence-electron chi connectivity index (χ0n) is 18.4. The third kappa shape index (κ3) is 4.74. The molecule has 4 rings (SSSR count). The number of nitrogens with one attached hydrogen (secondary N) is 1. The molecule has 2 aromatic carbocycles. The van der Waals surface area contributed by atoms with Crippen molar-refractivity contribution < 1.29 is 28.8 Å². The van der Waals surface area contributed by atoms with Crippen molar-refractivity contribution in [2.45, 2.75) is 51.0 Å². The SMILES string of the molecule is CCCC[C@@H](NC(=O)OCC1c2ccccc2-c2ccccc21)C(=O)ON1C(=O)CCC1=O. The number of hydroxylamine groups is 2. The van der Waals surface area contributed by atoms with E-state index < -0.39 is 29.9 Å². The summed E-state index contributed by atoms with van der Waals surface area (Å²) < 4.78 is 5.51. The molecular weight excluding hydrogens is 424 g/mol. The fraction of sp³-hybridized carbons (Fsp3) is 0.360. The van der Waals surface area contributed by atoms with E-state index in [2.05, 4.69) is 5.32 Å². The second-order valence-electron chi connectivity index (χ2n) is 8.16. The zero-order valence-corrected chi connectivity index (χ0v) is 18.4. The van der Waals surface area contributed by atoms with E-state index in [1.807, 2.05) is 55.5 Å². The molecule has 1 N–H and O–H groups in total. The van der Waals surface area contributed by atoms with Crippen LogP contribution in [0.25, 0.3) is 11.1 Å². The van der Waals surface area contributed by atoms with Crippen LogP contribution < -0.4 is 5.32 Å². The molecule has 1 fully saturated rings. The monoisotopic (exact) mass is 450 g/mol. The topological polar surface area (TPSA) is 102 Å². The van der Waals surface area contributed by atoms with Crippen LogP contribution in [0.3, 0.4) is 0 Å². The maximum atomic E-state index is 12.6. The number of fused-ring (bicyclic) bond motifs is 3. The molecule has 0 radical (unpaired) electrons. The Morgan fingerprint density at radius 1 is 1.00 bits per heavy atom. The van der Waals surface area contributed by atoms with Crippen LogP contribution in [-0.4, -0.2) is 41.6 Å². The Hall–Kier alpha value is -3.68. The third-order valence-electron chi connectivity index (χ3n) is 5.95. The summed E-state index contributed by atoms with van der Waals surface area (Å²) in [6.45, 7) is 2.06. The summed E-state index contributed by atoms with van der Waals surface area (Å²) in [7, 11) is 0. The van der Waals surface area contributed by atoms with Crippen LogP contribution in [0.2, 0.25) is 0 Å². The van der Waals surface area contributed by atoms with Gasteiger partial charge < -0.3 is 14.9 Å². The van der Waals surface area contributed by atoms with Gasteiger partial charge in [-0.3, -0.25) is 9.59 Å². The van der Waals surface area contributed by atoms with Gasteiger partial charge in [0.1, 0.15) is 12.6 Å². The Kier molecular flexibility index (Phi) is 6.72. The molecule has 172 valence electrons. The Bertz CT molecular complexity index is 1020. The molecule has 1 atom stereocenters. The van der Waals surface area contributed by atoms with Crippen LogP contribution in [-0.2, 0) is 24.0 Å². The quantitative estimate of drug-likeness (QED) is 0.616. The van der Waals surface area contributed by atoms with E-state index >= 15 is 0 Å². The molecule has 0 aromatic heterocycles. The molecule has 0 unspecified atom stereocenters. The van der Waals surface area contributed by atoms with E-state index in [4.69, 9.17) is 9.57 Å². The van der Waals surface area contributed by atoms with Crippen molar-refractivity contribution in [3.05, 3.63) is 59.7 Å². The van der Waals surface area contributed by atoms with Gasteiger partial charge >= 0.3 is 12.1 Å². The number of hydrogen-bond acceptors (Lipinski definition) is 6. The van der Waals surface area contributed by atoms with Gasteiger partial charge in [0.15, 0.2) is 0 Å². The number of imide groups is 1. The summed E-state index contributed by atoms with van der Waals surface area (Å²) in [6, 6.07) is 15.0. The van der Waals surface area contributed by atoms with Gasteiger partial charge in [0.05, 0.1) is 0 Å². The van der Waals surface area contributed by atoms with Gasteiger partial charge in [-0.1, -0.05) is 68.3 Å². The van der Waals surface area contributed by atoms with Gasteiger partial charge in [-0.05, 0) is 28.7 Å². The largest absolute Gasteiger partial charge is 0.449 e. The van der Waals surface area contributed by atoms with Crippen LogP contribution in [0.1, 0.15) is 56.1 Å². The van der Waals surface area contributed by atoms with Crippen molar-refractivity contribution in [1.82, 2.24) is 10.4 Å². The molecule has 0 saturated carbocycles. The predicted molar refractivity (Wildman–Crippen MR) is 119 cm³/mol. The highest BCUT2D eigenvalue weighted by atomic mass is 16.7. The number of benzene rings is 2. The Morgan fingerprint density at radius 3 is 2.15 bits per heavy atom. The van der Waals surface area contributed by atoms with Crippen LogP contribution in [0, 0.1) is 0 Å². The molecule has 1 aliphatic carbocycles. The molecule has 0 spiro atoms. The molecule has 3 amide bonds. The standard InChI is InChI=1S/C25H26N2O6/c1-2-3-12-21(24(30)33-27-22(28)13-14-23(27)29)26-25(31)32-15-20-18-10-6-4-8-16(18)17-9-5-7-11-19(17)20/h4-11,20-21H,2-3,12-15H2,1H3,(H,26,31)/t21-/m1/s1. The van der Waals surface area contributed by atoms with Crippen molar-refractivity contribution in [3.63, 3.8) is 0 Å². The fourth-order valence-electron chi connectivity index (χ4n) is 4.25. The van der Waals surface area contributed by atoms with Crippen molar-refractivity contribution in [2.24, 2.45) is 0 Å². The van der Waals surface area contributed by atoms with E-state index in [1.54, 1.807) is 0 Å². The minimum Gasteiger partial charge on any atom is -0.449 e. The highest BCUT2D eigenvalue weighted by Crippen LogP contribution is 2.44. The number of amides is 3. The number of ether oxygens (including phenoxy) is 1. The molecule has 1 aliphatic heterocycles. The van der Waals surface area contributed by atoms with Crippen LogP contribution >= 0.6 is 0 Å². The normalized spacial score (nSPS) is 15.7. The van der Waals surface area contributed by atoms with Gasteiger partial charge in [0, 0.05) is 18.8 Å². The fourth-order valence-corrected chi connectivity index (χ4v) is 4.25. The summed E-state index contributed by atoms with van der Waals surface area (Å²) in [5.41, 5.74) is 4.40. The average Bonchev–Trinajstić information content (AvgIpc) is 3.32. The van der Waals surface area contributed by atoms with Crippen LogP contribution in [0.15, 0.2) is 48.5 Å². The summed E-state index contributed by atoms with van der Waals surface area (Å²) in [5.74, 6) is -2.10. The molecule has 8 nitrogen and oxygen atoms in total. The van der Waals surface area contributed by atoms with Gasteiger partial charge in [0.25, 0.3) is 11.8 Å². The van der Waals surface area contributed by atoms with E-state index in [0.717, 1.165) is 28.7 Å². The van der Waals surface area contributed by atoms with E-state index in [9.17, 15) is 19.2 Å². The van der Waals surface area contributed by atoms with Crippen molar-refractivity contribution in [3.8, 4) is 11.1 Å². The smallest absolute Gasteiger partial charge is 0.407 e. The molecule has 8 heteroatoms. The first-order valence-electron chi connectivity index (χ1n) is 11.2. The predicted octanol–water partition coefficient (Wildman–Crippen LogP) is 3.69. The number of nitrogens with zero attached hydrogens (tertiary/aromatic N) is 1. The molecule has 1 saturated heterocycles. The lowest BCUT2D eigenvalue weighted by molar-refractivity contribution is -0.199. The second kappa shape index (κ2) is 9.85. The lowest BCUT2D eigenvalue weighted by atomic mass is 9.98. The van der Waals surface area contributed by atoms with Crippen LogP contribution in [0.5, 0.6) is 0 Å². The maximum Gasteiger partial charge on any atom is 0.407 e. The van der Waals surface area contributed by atoms with Crippen molar-refractivity contribution in [1.29, 1.82) is 0 Å². The number of unbranched alkanes of at least 4 members (excludes halogenated alkanes) is 1. The number of carbonyl (C=O) groups is 4. The lowest BCUT2D eigenvalue weighted by Crippen LogP contribution is -2.45.